The minimum absolute atomic E-state index is 0.0253. The molecule has 4 rings (SSSR count). The van der Waals surface area contributed by atoms with Crippen molar-refractivity contribution in [1.82, 2.24) is 10.2 Å². The Morgan fingerprint density at radius 3 is 2.34 bits per heavy atom. The van der Waals surface area contributed by atoms with Crippen LogP contribution in [0.25, 0.3) is 0 Å². The van der Waals surface area contributed by atoms with Gasteiger partial charge < -0.3 is 19.7 Å². The van der Waals surface area contributed by atoms with Crippen molar-refractivity contribution >= 4 is 39.1 Å². The number of ether oxygens (including phenoxy) is 2. The van der Waals surface area contributed by atoms with Crippen LogP contribution in [0.15, 0.2) is 77.7 Å². The van der Waals surface area contributed by atoms with E-state index in [2.05, 4.69) is 5.32 Å². The Hall–Kier alpha value is -3.76. The third-order valence-electron chi connectivity index (χ3n) is 6.69. The fraction of sp³-hybridized carbons (Fsp3) is 0.333. The van der Waals surface area contributed by atoms with Crippen LogP contribution < -0.4 is 19.1 Å². The van der Waals surface area contributed by atoms with Gasteiger partial charge in [0.15, 0.2) is 11.5 Å². The minimum Gasteiger partial charge on any atom is -0.486 e. The third kappa shape index (κ3) is 7.51. The lowest BCUT2D eigenvalue weighted by Crippen LogP contribution is -2.51. The van der Waals surface area contributed by atoms with Crippen LogP contribution in [0.5, 0.6) is 11.5 Å². The number of halogens is 1. The zero-order valence-electron chi connectivity index (χ0n) is 23.1. The zero-order chi connectivity index (χ0) is 29.4. The lowest BCUT2D eigenvalue weighted by Gasteiger charge is -2.32. The number of benzene rings is 3. The van der Waals surface area contributed by atoms with Gasteiger partial charge in [0.05, 0.1) is 10.6 Å². The van der Waals surface area contributed by atoms with Crippen LogP contribution in [-0.2, 0) is 26.2 Å². The molecule has 0 saturated heterocycles. The zero-order valence-corrected chi connectivity index (χ0v) is 24.7. The Kier molecular flexibility index (Phi) is 10.1. The monoisotopic (exact) mass is 599 g/mol. The first kappa shape index (κ1) is 30.2. The van der Waals surface area contributed by atoms with Crippen LogP contribution in [0.4, 0.5) is 5.69 Å². The molecule has 0 radical (unpaired) electrons. The third-order valence-corrected chi connectivity index (χ3v) is 8.73. The van der Waals surface area contributed by atoms with E-state index in [9.17, 15) is 18.0 Å². The molecule has 218 valence electrons. The van der Waals surface area contributed by atoms with Gasteiger partial charge in [-0.3, -0.25) is 13.9 Å². The topological polar surface area (TPSA) is 105 Å². The van der Waals surface area contributed by atoms with Gasteiger partial charge in [-0.05, 0) is 55.3 Å². The van der Waals surface area contributed by atoms with Crippen molar-refractivity contribution in [3.63, 3.8) is 0 Å². The summed E-state index contributed by atoms with van der Waals surface area (Å²) in [6.45, 7) is 4.37. The standard InChI is InChI=1S/C30H34ClN3O6S/c1-3-4-16-32-30(36)22(2)33(20-23-10-12-24(31)13-11-23)29(35)21-34(41(37,38)26-8-6-5-7-9-26)25-14-15-27-28(19-25)40-18-17-39-27/h5-15,19,22H,3-4,16-18,20-21H2,1-2H3,(H,32,36)/t22-/m1/s1. The highest BCUT2D eigenvalue weighted by Crippen LogP contribution is 2.36. The van der Waals surface area contributed by atoms with Crippen molar-refractivity contribution in [2.45, 2.75) is 44.2 Å². The van der Waals surface area contributed by atoms with Crippen LogP contribution in [0, 0.1) is 0 Å². The number of amides is 2. The Labute approximate surface area is 246 Å². The molecule has 0 unspecified atom stereocenters. The number of carbonyl (C=O) groups excluding carboxylic acids is 2. The van der Waals surface area contributed by atoms with Crippen LogP contribution in [0.1, 0.15) is 32.3 Å². The van der Waals surface area contributed by atoms with Gasteiger partial charge in [0.1, 0.15) is 25.8 Å². The van der Waals surface area contributed by atoms with Gasteiger partial charge in [-0.25, -0.2) is 8.42 Å². The van der Waals surface area contributed by atoms with E-state index in [0.717, 1.165) is 22.7 Å². The van der Waals surface area contributed by atoms with Crippen molar-refractivity contribution in [2.75, 3.05) is 30.6 Å². The Morgan fingerprint density at radius 2 is 1.66 bits per heavy atom. The second-order valence-electron chi connectivity index (χ2n) is 9.62. The summed E-state index contributed by atoms with van der Waals surface area (Å²) in [7, 11) is -4.18. The van der Waals surface area contributed by atoms with Crippen LogP contribution >= 0.6 is 11.6 Å². The van der Waals surface area contributed by atoms with E-state index >= 15 is 0 Å². The molecule has 1 aliphatic heterocycles. The molecule has 1 heterocycles. The second-order valence-corrected chi connectivity index (χ2v) is 11.9. The summed E-state index contributed by atoms with van der Waals surface area (Å²) in [6.07, 6.45) is 1.71. The quantitative estimate of drug-likeness (QED) is 0.304. The highest BCUT2D eigenvalue weighted by molar-refractivity contribution is 7.92. The van der Waals surface area contributed by atoms with Crippen molar-refractivity contribution < 1.29 is 27.5 Å². The van der Waals surface area contributed by atoms with Crippen molar-refractivity contribution in [1.29, 1.82) is 0 Å². The van der Waals surface area contributed by atoms with Gasteiger partial charge in [-0.15, -0.1) is 0 Å². The highest BCUT2D eigenvalue weighted by Gasteiger charge is 2.33. The summed E-state index contributed by atoms with van der Waals surface area (Å²) in [6, 6.07) is 18.7. The van der Waals surface area contributed by atoms with Crippen LogP contribution in [0.3, 0.4) is 0 Å². The summed E-state index contributed by atoms with van der Waals surface area (Å²) in [5.74, 6) is 0.00585. The summed E-state index contributed by atoms with van der Waals surface area (Å²) in [5.41, 5.74) is 0.978. The van der Waals surface area contributed by atoms with E-state index in [1.165, 1.54) is 17.0 Å². The first-order valence-corrected chi connectivity index (χ1v) is 15.3. The van der Waals surface area contributed by atoms with Gasteiger partial charge >= 0.3 is 0 Å². The second kappa shape index (κ2) is 13.7. The number of nitrogens with zero attached hydrogens (tertiary/aromatic N) is 2. The number of hydrogen-bond acceptors (Lipinski definition) is 6. The first-order chi connectivity index (χ1) is 19.7. The molecule has 3 aromatic rings. The number of sulfonamides is 1. The number of hydrogen-bond donors (Lipinski definition) is 1. The molecule has 41 heavy (non-hydrogen) atoms. The van der Waals surface area contributed by atoms with E-state index in [4.69, 9.17) is 21.1 Å². The maximum atomic E-state index is 14.0. The van der Waals surface area contributed by atoms with Gasteiger partial charge in [0.2, 0.25) is 11.8 Å². The van der Waals surface area contributed by atoms with Crippen LogP contribution in [-0.4, -0.2) is 57.5 Å². The lowest BCUT2D eigenvalue weighted by atomic mass is 10.1. The first-order valence-electron chi connectivity index (χ1n) is 13.5. The number of anilines is 1. The number of nitrogens with one attached hydrogen (secondary N) is 1. The number of rotatable bonds is 12. The maximum Gasteiger partial charge on any atom is 0.264 e. The summed E-state index contributed by atoms with van der Waals surface area (Å²) >= 11 is 6.05. The van der Waals surface area contributed by atoms with Crippen molar-refractivity contribution in [2.24, 2.45) is 0 Å². The maximum absolute atomic E-state index is 14.0. The molecule has 9 nitrogen and oxygen atoms in total. The normalized spacial score (nSPS) is 13.2. The smallest absolute Gasteiger partial charge is 0.264 e. The fourth-order valence-electron chi connectivity index (χ4n) is 4.34. The SMILES string of the molecule is CCCCNC(=O)[C@@H](C)N(Cc1ccc(Cl)cc1)C(=O)CN(c1ccc2c(c1)OCCO2)S(=O)(=O)c1ccccc1. The molecule has 0 fully saturated rings. The molecule has 1 aliphatic rings. The molecule has 0 aromatic heterocycles. The van der Waals surface area contributed by atoms with Crippen molar-refractivity contribution in [3.8, 4) is 11.5 Å². The van der Waals surface area contributed by atoms with Gasteiger partial charge in [0, 0.05) is 24.2 Å². The Morgan fingerprint density at radius 1 is 0.976 bits per heavy atom. The molecule has 0 bridgehead atoms. The largest absolute Gasteiger partial charge is 0.486 e. The Balaban J connectivity index is 1.70. The molecular weight excluding hydrogens is 566 g/mol. The molecular formula is C30H34ClN3O6S. The molecule has 1 N–H and O–H groups in total. The molecule has 0 aliphatic carbocycles. The Bertz CT molecular complexity index is 1450. The minimum atomic E-state index is -4.18. The number of unbranched alkanes of at least 4 members (excludes halogenated alkanes) is 1. The highest BCUT2D eigenvalue weighted by atomic mass is 35.5. The van der Waals surface area contributed by atoms with Crippen LogP contribution in [0.2, 0.25) is 5.02 Å². The predicted octanol–water partition coefficient (Wildman–Crippen LogP) is 4.64. The van der Waals surface area contributed by atoms with Crippen molar-refractivity contribution in [3.05, 3.63) is 83.4 Å². The molecule has 2 amide bonds. The predicted molar refractivity (Wildman–Crippen MR) is 158 cm³/mol. The summed E-state index contributed by atoms with van der Waals surface area (Å²) < 4.78 is 40.2. The van der Waals surface area contributed by atoms with Gasteiger partial charge in [0.25, 0.3) is 10.0 Å². The fourth-order valence-corrected chi connectivity index (χ4v) is 5.89. The summed E-state index contributed by atoms with van der Waals surface area (Å²) in [4.78, 5) is 28.5. The van der Waals surface area contributed by atoms with E-state index < -0.39 is 28.5 Å². The van der Waals surface area contributed by atoms with E-state index in [0.29, 0.717) is 36.3 Å². The average Bonchev–Trinajstić information content (AvgIpc) is 2.99. The number of fused-ring (bicyclic) bond motifs is 1. The number of carbonyl (C=O) groups is 2. The van der Waals surface area contributed by atoms with Gasteiger partial charge in [-0.2, -0.15) is 0 Å². The average molecular weight is 600 g/mol. The van der Waals surface area contributed by atoms with E-state index in [-0.39, 0.29) is 23.0 Å². The summed E-state index contributed by atoms with van der Waals surface area (Å²) in [5, 5.41) is 3.41. The molecule has 0 spiro atoms. The molecule has 0 saturated carbocycles. The molecule has 11 heteroatoms. The van der Waals surface area contributed by atoms with E-state index in [1.807, 2.05) is 6.92 Å². The van der Waals surface area contributed by atoms with E-state index in [1.54, 1.807) is 67.6 Å². The molecule has 3 aromatic carbocycles. The molecule has 1 atom stereocenters. The lowest BCUT2D eigenvalue weighted by molar-refractivity contribution is -0.139. The van der Waals surface area contributed by atoms with Gasteiger partial charge in [-0.1, -0.05) is 55.3 Å².